The molecule has 16 heavy (non-hydrogen) atoms. The molecule has 0 aliphatic carbocycles. The molecule has 1 saturated heterocycles. The van der Waals surface area contributed by atoms with E-state index in [-0.39, 0.29) is 0 Å². The summed E-state index contributed by atoms with van der Waals surface area (Å²) < 4.78 is 6.51. The van der Waals surface area contributed by atoms with Crippen LogP contribution in [0, 0.1) is 13.8 Å². The van der Waals surface area contributed by atoms with Crippen molar-refractivity contribution >= 4 is 21.6 Å². The molecule has 0 radical (unpaired) electrons. The number of rotatable bonds is 2. The van der Waals surface area contributed by atoms with Crippen molar-refractivity contribution in [1.29, 1.82) is 0 Å². The maximum absolute atomic E-state index is 5.37. The monoisotopic (exact) mass is 283 g/mol. The molecule has 0 unspecified atom stereocenters. The summed E-state index contributed by atoms with van der Waals surface area (Å²) in [4.78, 5) is 0. The van der Waals surface area contributed by atoms with Crippen molar-refractivity contribution in [3.63, 3.8) is 0 Å². The van der Waals surface area contributed by atoms with Gasteiger partial charge in [0.25, 0.3) is 0 Å². The lowest BCUT2D eigenvalue weighted by molar-refractivity contribution is 0.0904. The highest BCUT2D eigenvalue weighted by Crippen LogP contribution is 2.26. The minimum atomic E-state index is 0.557. The Kier molecular flexibility index (Phi) is 3.87. The number of hydrogen-bond acceptors (Lipinski definition) is 2. The zero-order valence-electron chi connectivity index (χ0n) is 9.85. The standard InChI is InChI=1S/C13H18BrNO/c1-9-7-11(14)8-13(10(9)2)15-12-3-5-16-6-4-12/h7-8,12,15H,3-6H2,1-2H3. The molecule has 3 heteroatoms. The number of anilines is 1. The third kappa shape index (κ3) is 2.77. The minimum Gasteiger partial charge on any atom is -0.382 e. The quantitative estimate of drug-likeness (QED) is 0.895. The zero-order valence-corrected chi connectivity index (χ0v) is 11.4. The molecular weight excluding hydrogens is 266 g/mol. The molecule has 0 spiro atoms. The van der Waals surface area contributed by atoms with Crippen LogP contribution in [-0.2, 0) is 4.74 Å². The summed E-state index contributed by atoms with van der Waals surface area (Å²) in [5.74, 6) is 0. The van der Waals surface area contributed by atoms with E-state index >= 15 is 0 Å². The molecule has 2 nitrogen and oxygen atoms in total. The van der Waals surface area contributed by atoms with Crippen LogP contribution in [0.15, 0.2) is 16.6 Å². The number of hydrogen-bond donors (Lipinski definition) is 1. The summed E-state index contributed by atoms with van der Waals surface area (Å²) in [6.45, 7) is 6.08. The first-order valence-corrected chi connectivity index (χ1v) is 6.57. The molecule has 88 valence electrons. The zero-order chi connectivity index (χ0) is 11.5. The Balaban J connectivity index is 2.13. The molecule has 1 aliphatic rings. The van der Waals surface area contributed by atoms with Crippen LogP contribution in [0.5, 0.6) is 0 Å². The van der Waals surface area contributed by atoms with Gasteiger partial charge in [-0.3, -0.25) is 0 Å². The number of nitrogens with one attached hydrogen (secondary N) is 1. The molecule has 1 heterocycles. The maximum atomic E-state index is 5.37. The van der Waals surface area contributed by atoms with E-state index in [0.717, 1.165) is 30.5 Å². The number of benzene rings is 1. The van der Waals surface area contributed by atoms with Crippen molar-refractivity contribution in [2.24, 2.45) is 0 Å². The van der Waals surface area contributed by atoms with Crippen molar-refractivity contribution < 1.29 is 4.74 Å². The van der Waals surface area contributed by atoms with Gasteiger partial charge in [0.15, 0.2) is 0 Å². The van der Waals surface area contributed by atoms with Crippen LogP contribution in [0.2, 0.25) is 0 Å². The van der Waals surface area contributed by atoms with Gasteiger partial charge in [0.1, 0.15) is 0 Å². The highest BCUT2D eigenvalue weighted by Gasteiger charge is 2.14. The van der Waals surface area contributed by atoms with E-state index in [4.69, 9.17) is 4.74 Å². The molecule has 0 atom stereocenters. The van der Waals surface area contributed by atoms with Crippen molar-refractivity contribution in [3.8, 4) is 0 Å². The highest BCUT2D eigenvalue weighted by atomic mass is 79.9. The third-order valence-corrected chi connectivity index (χ3v) is 3.67. The number of ether oxygens (including phenoxy) is 1. The van der Waals surface area contributed by atoms with E-state index < -0.39 is 0 Å². The van der Waals surface area contributed by atoms with Gasteiger partial charge in [-0.05, 0) is 49.9 Å². The van der Waals surface area contributed by atoms with Crippen molar-refractivity contribution in [1.82, 2.24) is 0 Å². The lowest BCUT2D eigenvalue weighted by Crippen LogP contribution is -2.28. The first-order chi connectivity index (χ1) is 7.66. The first-order valence-electron chi connectivity index (χ1n) is 5.78. The lowest BCUT2D eigenvalue weighted by Gasteiger charge is -2.25. The lowest BCUT2D eigenvalue weighted by atomic mass is 10.0. The van der Waals surface area contributed by atoms with Gasteiger partial charge >= 0.3 is 0 Å². The molecule has 0 amide bonds. The molecule has 0 aromatic heterocycles. The molecule has 0 bridgehead atoms. The van der Waals surface area contributed by atoms with Crippen LogP contribution in [0.1, 0.15) is 24.0 Å². The summed E-state index contributed by atoms with van der Waals surface area (Å²) in [7, 11) is 0. The second-order valence-electron chi connectivity index (χ2n) is 4.43. The predicted molar refractivity (Wildman–Crippen MR) is 71.1 cm³/mol. The van der Waals surface area contributed by atoms with Gasteiger partial charge in [-0.15, -0.1) is 0 Å². The second kappa shape index (κ2) is 5.19. The van der Waals surface area contributed by atoms with E-state index in [1.807, 2.05) is 0 Å². The van der Waals surface area contributed by atoms with Gasteiger partial charge in [-0.2, -0.15) is 0 Å². The molecule has 1 N–H and O–H groups in total. The number of halogens is 1. The Morgan fingerprint density at radius 3 is 2.62 bits per heavy atom. The Hall–Kier alpha value is -0.540. The van der Waals surface area contributed by atoms with Crippen LogP contribution >= 0.6 is 15.9 Å². The van der Waals surface area contributed by atoms with Crippen molar-refractivity contribution in [3.05, 3.63) is 27.7 Å². The van der Waals surface area contributed by atoms with Crippen molar-refractivity contribution in [2.75, 3.05) is 18.5 Å². The molecule has 1 aromatic rings. The van der Waals surface area contributed by atoms with E-state index in [1.165, 1.54) is 16.8 Å². The molecule has 1 aromatic carbocycles. The van der Waals surface area contributed by atoms with Crippen LogP contribution in [-0.4, -0.2) is 19.3 Å². The largest absolute Gasteiger partial charge is 0.382 e. The topological polar surface area (TPSA) is 21.3 Å². The summed E-state index contributed by atoms with van der Waals surface area (Å²) in [6.07, 6.45) is 2.20. The average molecular weight is 284 g/mol. The maximum Gasteiger partial charge on any atom is 0.0485 e. The minimum absolute atomic E-state index is 0.557. The summed E-state index contributed by atoms with van der Waals surface area (Å²) in [6, 6.07) is 4.88. The fourth-order valence-corrected chi connectivity index (χ4v) is 2.60. The van der Waals surface area contributed by atoms with Crippen LogP contribution in [0.3, 0.4) is 0 Å². The third-order valence-electron chi connectivity index (χ3n) is 3.21. The molecule has 1 aliphatic heterocycles. The summed E-state index contributed by atoms with van der Waals surface area (Å²) in [5.41, 5.74) is 3.91. The van der Waals surface area contributed by atoms with Crippen molar-refractivity contribution in [2.45, 2.75) is 32.7 Å². The molecule has 1 fully saturated rings. The normalized spacial score (nSPS) is 17.4. The van der Waals surface area contributed by atoms with E-state index in [1.54, 1.807) is 0 Å². The Labute approximate surface area is 106 Å². The van der Waals surface area contributed by atoms with E-state index in [0.29, 0.717) is 6.04 Å². The smallest absolute Gasteiger partial charge is 0.0485 e. The molecular formula is C13H18BrNO. The van der Waals surface area contributed by atoms with E-state index in [2.05, 4.69) is 47.2 Å². The number of aryl methyl sites for hydroxylation is 1. The Bertz CT molecular complexity index is 372. The van der Waals surface area contributed by atoms with Gasteiger partial charge in [-0.25, -0.2) is 0 Å². The first kappa shape index (κ1) is 11.9. The SMILES string of the molecule is Cc1cc(Br)cc(NC2CCOCC2)c1C. The van der Waals surface area contributed by atoms with Gasteiger partial charge in [0.2, 0.25) is 0 Å². The highest BCUT2D eigenvalue weighted by molar-refractivity contribution is 9.10. The average Bonchev–Trinajstić information content (AvgIpc) is 2.27. The van der Waals surface area contributed by atoms with E-state index in [9.17, 15) is 0 Å². The van der Waals surface area contributed by atoms with Gasteiger partial charge < -0.3 is 10.1 Å². The predicted octanol–water partition coefficient (Wildman–Crippen LogP) is 3.66. The summed E-state index contributed by atoms with van der Waals surface area (Å²) in [5, 5.41) is 3.62. The van der Waals surface area contributed by atoms with Gasteiger partial charge in [0, 0.05) is 29.4 Å². The van der Waals surface area contributed by atoms with Crippen LogP contribution in [0.4, 0.5) is 5.69 Å². The fourth-order valence-electron chi connectivity index (χ4n) is 2.03. The second-order valence-corrected chi connectivity index (χ2v) is 5.34. The molecule has 0 saturated carbocycles. The summed E-state index contributed by atoms with van der Waals surface area (Å²) >= 11 is 3.55. The Morgan fingerprint density at radius 2 is 1.94 bits per heavy atom. The van der Waals surface area contributed by atoms with Crippen LogP contribution in [0.25, 0.3) is 0 Å². The Morgan fingerprint density at radius 1 is 1.25 bits per heavy atom. The van der Waals surface area contributed by atoms with Gasteiger partial charge in [0.05, 0.1) is 0 Å². The molecule has 2 rings (SSSR count). The fraction of sp³-hybridized carbons (Fsp3) is 0.538. The van der Waals surface area contributed by atoms with Crippen LogP contribution < -0.4 is 5.32 Å². The van der Waals surface area contributed by atoms with Gasteiger partial charge in [-0.1, -0.05) is 15.9 Å².